The van der Waals surface area contributed by atoms with Crippen molar-refractivity contribution in [3.63, 3.8) is 0 Å². The molecule has 2 aromatic carbocycles. The van der Waals surface area contributed by atoms with E-state index in [1.54, 1.807) is 17.9 Å². The van der Waals surface area contributed by atoms with E-state index in [0.29, 0.717) is 12.8 Å². The number of sulfonamides is 1. The lowest BCUT2D eigenvalue weighted by molar-refractivity contribution is -0.133. The molecule has 2 heterocycles. The van der Waals surface area contributed by atoms with E-state index in [2.05, 4.69) is 5.10 Å². The molecule has 31 heavy (non-hydrogen) atoms. The largest absolute Gasteiger partial charge is 0.340 e. The molecule has 0 saturated carbocycles. The summed E-state index contributed by atoms with van der Waals surface area (Å²) >= 11 is 0. The minimum absolute atomic E-state index is 0.187. The highest BCUT2D eigenvalue weighted by Crippen LogP contribution is 2.28. The molecule has 1 saturated heterocycles. The van der Waals surface area contributed by atoms with E-state index in [0.717, 1.165) is 21.6 Å². The molecule has 0 spiro atoms. The van der Waals surface area contributed by atoms with Crippen molar-refractivity contribution in [2.75, 3.05) is 13.6 Å². The maximum Gasteiger partial charge on any atom is 0.246 e. The third kappa shape index (κ3) is 4.24. The van der Waals surface area contributed by atoms with E-state index in [1.807, 2.05) is 36.5 Å². The van der Waals surface area contributed by atoms with Crippen molar-refractivity contribution in [2.45, 2.75) is 30.3 Å². The Labute approximate surface area is 180 Å². The van der Waals surface area contributed by atoms with Gasteiger partial charge < -0.3 is 4.90 Å². The van der Waals surface area contributed by atoms with Crippen LogP contribution in [0.3, 0.4) is 0 Å². The predicted molar refractivity (Wildman–Crippen MR) is 113 cm³/mol. The van der Waals surface area contributed by atoms with Crippen LogP contribution in [0, 0.1) is 5.82 Å². The summed E-state index contributed by atoms with van der Waals surface area (Å²) in [6, 6.07) is 14.0. The van der Waals surface area contributed by atoms with E-state index < -0.39 is 26.8 Å². The first-order chi connectivity index (χ1) is 14.9. The number of halogens is 1. The molecule has 0 bridgehead atoms. The van der Waals surface area contributed by atoms with Gasteiger partial charge in [0.25, 0.3) is 0 Å². The lowest BCUT2D eigenvalue weighted by Crippen LogP contribution is -2.46. The first-order valence-corrected chi connectivity index (χ1v) is 11.4. The van der Waals surface area contributed by atoms with Crippen molar-refractivity contribution in [2.24, 2.45) is 0 Å². The van der Waals surface area contributed by atoms with Crippen LogP contribution >= 0.6 is 0 Å². The van der Waals surface area contributed by atoms with Gasteiger partial charge in [0.1, 0.15) is 16.8 Å². The highest BCUT2D eigenvalue weighted by Gasteiger charge is 2.41. The Balaban J connectivity index is 1.50. The monoisotopic (exact) mass is 442 g/mol. The summed E-state index contributed by atoms with van der Waals surface area (Å²) < 4.78 is 43.0. The van der Waals surface area contributed by atoms with Gasteiger partial charge in [-0.05, 0) is 37.1 Å². The van der Waals surface area contributed by atoms with Gasteiger partial charge in [-0.15, -0.1) is 0 Å². The molecule has 0 N–H and O–H groups in total. The van der Waals surface area contributed by atoms with E-state index in [1.165, 1.54) is 23.1 Å². The number of carbonyl (C=O) groups is 1. The summed E-state index contributed by atoms with van der Waals surface area (Å²) in [5.74, 6) is -1.13. The zero-order valence-electron chi connectivity index (χ0n) is 17.1. The molecule has 1 aromatic heterocycles. The molecule has 1 amide bonds. The highest BCUT2D eigenvalue weighted by atomic mass is 32.2. The number of hydrogen-bond acceptors (Lipinski definition) is 4. The van der Waals surface area contributed by atoms with Gasteiger partial charge in [-0.25, -0.2) is 17.5 Å². The summed E-state index contributed by atoms with van der Waals surface area (Å²) in [7, 11) is -2.47. The molecular weight excluding hydrogens is 419 g/mol. The second-order valence-corrected chi connectivity index (χ2v) is 9.39. The van der Waals surface area contributed by atoms with Crippen LogP contribution in [0.5, 0.6) is 0 Å². The summed E-state index contributed by atoms with van der Waals surface area (Å²) in [4.78, 5) is 14.2. The van der Waals surface area contributed by atoms with Crippen LogP contribution in [0.1, 0.15) is 18.4 Å². The molecule has 1 aliphatic heterocycles. The number of likely N-dealkylation sites (N-methyl/N-ethyl adjacent to an activating group) is 1. The fourth-order valence-electron chi connectivity index (χ4n) is 3.82. The smallest absolute Gasteiger partial charge is 0.246 e. The van der Waals surface area contributed by atoms with Crippen LogP contribution in [-0.2, 0) is 21.4 Å². The molecule has 3 aromatic rings. The van der Waals surface area contributed by atoms with Gasteiger partial charge in [-0.3, -0.25) is 4.79 Å². The third-order valence-corrected chi connectivity index (χ3v) is 7.31. The Hall–Kier alpha value is -3.04. The standard InChI is InChI=1S/C22H23FN4O3S/c1-25(15-17-14-24-26(16-17)18-8-3-2-4-9-18)22(28)20-11-7-13-27(20)31(29,30)21-12-6-5-10-19(21)23/h2-6,8-10,12,14,16,20H,7,11,13,15H2,1H3. The number of hydrogen-bond donors (Lipinski definition) is 0. The van der Waals surface area contributed by atoms with Crippen molar-refractivity contribution in [3.8, 4) is 5.69 Å². The average Bonchev–Trinajstić information content (AvgIpc) is 3.44. The number of aromatic nitrogens is 2. The van der Waals surface area contributed by atoms with Crippen molar-refractivity contribution < 1.29 is 17.6 Å². The van der Waals surface area contributed by atoms with Gasteiger partial charge in [-0.1, -0.05) is 30.3 Å². The van der Waals surface area contributed by atoms with Crippen LogP contribution in [0.4, 0.5) is 4.39 Å². The molecule has 0 aliphatic carbocycles. The topological polar surface area (TPSA) is 75.5 Å². The normalized spacial score (nSPS) is 17.0. The fraction of sp³-hybridized carbons (Fsp3) is 0.273. The van der Waals surface area contributed by atoms with E-state index in [4.69, 9.17) is 0 Å². The Morgan fingerprint density at radius 3 is 2.61 bits per heavy atom. The molecule has 1 fully saturated rings. The summed E-state index contributed by atoms with van der Waals surface area (Å²) in [6.07, 6.45) is 4.46. The fourth-order valence-corrected chi connectivity index (χ4v) is 5.54. The second-order valence-electron chi connectivity index (χ2n) is 7.53. The van der Waals surface area contributed by atoms with Crippen LogP contribution in [0.25, 0.3) is 5.69 Å². The average molecular weight is 443 g/mol. The van der Waals surface area contributed by atoms with Gasteiger partial charge in [0, 0.05) is 31.9 Å². The molecule has 162 valence electrons. The van der Waals surface area contributed by atoms with Crippen LogP contribution in [0.15, 0.2) is 71.9 Å². The second kappa shape index (κ2) is 8.60. The first kappa shape index (κ1) is 21.2. The molecule has 1 atom stereocenters. The Kier molecular flexibility index (Phi) is 5.88. The lowest BCUT2D eigenvalue weighted by Gasteiger charge is -2.27. The number of rotatable bonds is 6. The quantitative estimate of drug-likeness (QED) is 0.588. The van der Waals surface area contributed by atoms with Crippen molar-refractivity contribution in [1.29, 1.82) is 0 Å². The molecule has 7 nitrogen and oxygen atoms in total. The minimum Gasteiger partial charge on any atom is -0.340 e. The van der Waals surface area contributed by atoms with Crippen LogP contribution in [-0.4, -0.2) is 52.9 Å². The lowest BCUT2D eigenvalue weighted by atomic mass is 10.2. The number of carbonyl (C=O) groups excluding carboxylic acids is 1. The number of benzene rings is 2. The van der Waals surface area contributed by atoms with Crippen molar-refractivity contribution >= 4 is 15.9 Å². The third-order valence-electron chi connectivity index (χ3n) is 5.36. The molecular formula is C22H23FN4O3S. The SMILES string of the molecule is CN(Cc1cnn(-c2ccccc2)c1)C(=O)C1CCCN1S(=O)(=O)c1ccccc1F. The maximum absolute atomic E-state index is 14.1. The summed E-state index contributed by atoms with van der Waals surface area (Å²) in [5.41, 5.74) is 1.72. The summed E-state index contributed by atoms with van der Waals surface area (Å²) in [5, 5.41) is 4.33. The zero-order valence-corrected chi connectivity index (χ0v) is 17.9. The van der Waals surface area contributed by atoms with Gasteiger partial charge in [0.2, 0.25) is 15.9 Å². The molecule has 1 unspecified atom stereocenters. The highest BCUT2D eigenvalue weighted by molar-refractivity contribution is 7.89. The maximum atomic E-state index is 14.1. The van der Waals surface area contributed by atoms with Crippen molar-refractivity contribution in [3.05, 3.63) is 78.4 Å². The van der Waals surface area contributed by atoms with E-state index in [9.17, 15) is 17.6 Å². The zero-order chi connectivity index (χ0) is 22.0. The van der Waals surface area contributed by atoms with E-state index >= 15 is 0 Å². The van der Waals surface area contributed by atoms with Gasteiger partial charge in [0.05, 0.1) is 11.9 Å². The predicted octanol–water partition coefficient (Wildman–Crippen LogP) is 2.82. The first-order valence-electron chi connectivity index (χ1n) is 9.98. The van der Waals surface area contributed by atoms with Crippen LogP contribution in [0.2, 0.25) is 0 Å². The van der Waals surface area contributed by atoms with Crippen LogP contribution < -0.4 is 0 Å². The minimum atomic E-state index is -4.11. The molecule has 1 aliphatic rings. The molecule has 4 rings (SSSR count). The molecule has 0 radical (unpaired) electrons. The summed E-state index contributed by atoms with van der Waals surface area (Å²) in [6.45, 7) is 0.475. The van der Waals surface area contributed by atoms with Gasteiger partial charge in [0.15, 0.2) is 0 Å². The Morgan fingerprint density at radius 1 is 1.16 bits per heavy atom. The Bertz CT molecular complexity index is 1180. The van der Waals surface area contributed by atoms with Crippen molar-refractivity contribution in [1.82, 2.24) is 19.0 Å². The Morgan fingerprint density at radius 2 is 1.87 bits per heavy atom. The number of amides is 1. The molecule has 9 heteroatoms. The number of nitrogens with zero attached hydrogens (tertiary/aromatic N) is 4. The van der Waals surface area contributed by atoms with E-state index in [-0.39, 0.29) is 19.0 Å². The van der Waals surface area contributed by atoms with Gasteiger partial charge >= 0.3 is 0 Å². The number of para-hydroxylation sites is 1. The van der Waals surface area contributed by atoms with Gasteiger partial charge in [-0.2, -0.15) is 9.40 Å².